The van der Waals surface area contributed by atoms with Crippen LogP contribution in [-0.2, 0) is 0 Å². The first-order valence-corrected chi connectivity index (χ1v) is 9.92. The number of hydrazone groups is 1. The summed E-state index contributed by atoms with van der Waals surface area (Å²) in [6.45, 7) is 5.27. The number of ether oxygens (including phenoxy) is 2. The predicted octanol–water partition coefficient (Wildman–Crippen LogP) is 4.92. The van der Waals surface area contributed by atoms with E-state index < -0.39 is 0 Å². The SMILES string of the molecule is Cc1cc(C)cc(OCCCOc2cccc(/C=N/NC(=O)c3ccccc3)c2)c1. The van der Waals surface area contributed by atoms with E-state index in [-0.39, 0.29) is 5.91 Å². The fourth-order valence-electron chi connectivity index (χ4n) is 2.96. The van der Waals surface area contributed by atoms with Gasteiger partial charge in [-0.15, -0.1) is 0 Å². The molecule has 0 radical (unpaired) electrons. The van der Waals surface area contributed by atoms with Gasteiger partial charge in [-0.05, 0) is 66.9 Å². The third-order valence-corrected chi connectivity index (χ3v) is 4.30. The van der Waals surface area contributed by atoms with Gasteiger partial charge in [0.1, 0.15) is 11.5 Å². The Bertz CT molecular complexity index is 980. The smallest absolute Gasteiger partial charge is 0.271 e. The number of benzene rings is 3. The first kappa shape index (κ1) is 21.1. The number of carbonyl (C=O) groups is 1. The largest absolute Gasteiger partial charge is 0.493 e. The fourth-order valence-corrected chi connectivity index (χ4v) is 2.96. The quantitative estimate of drug-likeness (QED) is 0.314. The van der Waals surface area contributed by atoms with E-state index in [2.05, 4.69) is 30.4 Å². The molecule has 0 aromatic heterocycles. The summed E-state index contributed by atoms with van der Waals surface area (Å²) in [6.07, 6.45) is 2.37. The lowest BCUT2D eigenvalue weighted by Gasteiger charge is -2.09. The Kier molecular flexibility index (Phi) is 7.61. The molecule has 3 rings (SSSR count). The second kappa shape index (κ2) is 10.8. The lowest BCUT2D eigenvalue weighted by Crippen LogP contribution is -2.17. The second-order valence-corrected chi connectivity index (χ2v) is 7.01. The van der Waals surface area contributed by atoms with Gasteiger partial charge < -0.3 is 9.47 Å². The third-order valence-electron chi connectivity index (χ3n) is 4.30. The molecule has 1 amide bonds. The maximum Gasteiger partial charge on any atom is 0.271 e. The summed E-state index contributed by atoms with van der Waals surface area (Å²) >= 11 is 0. The van der Waals surface area contributed by atoms with Crippen LogP contribution in [0, 0.1) is 13.8 Å². The molecule has 154 valence electrons. The van der Waals surface area contributed by atoms with Crippen LogP contribution in [0.3, 0.4) is 0 Å². The van der Waals surface area contributed by atoms with E-state index in [4.69, 9.17) is 9.47 Å². The highest BCUT2D eigenvalue weighted by molar-refractivity contribution is 5.94. The van der Waals surface area contributed by atoms with Crippen molar-refractivity contribution in [1.29, 1.82) is 0 Å². The Morgan fingerprint density at radius 2 is 1.57 bits per heavy atom. The lowest BCUT2D eigenvalue weighted by atomic mass is 10.1. The van der Waals surface area contributed by atoms with Crippen LogP contribution in [0.2, 0.25) is 0 Å². The van der Waals surface area contributed by atoms with Crippen molar-refractivity contribution in [3.63, 3.8) is 0 Å². The lowest BCUT2D eigenvalue weighted by molar-refractivity contribution is 0.0955. The normalized spacial score (nSPS) is 10.7. The monoisotopic (exact) mass is 402 g/mol. The molecule has 0 saturated carbocycles. The molecule has 0 unspecified atom stereocenters. The average molecular weight is 402 g/mol. The summed E-state index contributed by atoms with van der Waals surface area (Å²) in [7, 11) is 0. The van der Waals surface area contributed by atoms with Crippen molar-refractivity contribution in [2.24, 2.45) is 5.10 Å². The van der Waals surface area contributed by atoms with E-state index in [0.29, 0.717) is 18.8 Å². The molecular formula is C25H26N2O3. The molecule has 3 aromatic rings. The van der Waals surface area contributed by atoms with Gasteiger partial charge in [0.15, 0.2) is 0 Å². The molecule has 0 aliphatic rings. The van der Waals surface area contributed by atoms with E-state index in [1.807, 2.05) is 54.6 Å². The van der Waals surface area contributed by atoms with Gasteiger partial charge in [-0.1, -0.05) is 36.4 Å². The second-order valence-electron chi connectivity index (χ2n) is 7.01. The maximum atomic E-state index is 12.0. The van der Waals surface area contributed by atoms with Gasteiger partial charge in [-0.3, -0.25) is 4.79 Å². The molecular weight excluding hydrogens is 376 g/mol. The third kappa shape index (κ3) is 6.78. The highest BCUT2D eigenvalue weighted by atomic mass is 16.5. The number of amides is 1. The molecule has 3 aromatic carbocycles. The summed E-state index contributed by atoms with van der Waals surface area (Å²) in [4.78, 5) is 12.0. The Balaban J connectivity index is 1.42. The molecule has 5 heteroatoms. The van der Waals surface area contributed by atoms with E-state index >= 15 is 0 Å². The molecule has 0 spiro atoms. The van der Waals surface area contributed by atoms with E-state index in [9.17, 15) is 4.79 Å². The van der Waals surface area contributed by atoms with Crippen LogP contribution < -0.4 is 14.9 Å². The van der Waals surface area contributed by atoms with Crippen molar-refractivity contribution in [3.05, 3.63) is 95.1 Å². The van der Waals surface area contributed by atoms with Gasteiger partial charge in [-0.25, -0.2) is 5.43 Å². The summed E-state index contributed by atoms with van der Waals surface area (Å²) in [5.41, 5.74) is 6.32. The van der Waals surface area contributed by atoms with Crippen LogP contribution in [0.25, 0.3) is 0 Å². The zero-order valence-electron chi connectivity index (χ0n) is 17.3. The van der Waals surface area contributed by atoms with Gasteiger partial charge >= 0.3 is 0 Å². The molecule has 0 bridgehead atoms. The first-order valence-electron chi connectivity index (χ1n) is 9.92. The zero-order valence-corrected chi connectivity index (χ0v) is 17.3. The van der Waals surface area contributed by atoms with Crippen molar-refractivity contribution in [2.45, 2.75) is 20.3 Å². The van der Waals surface area contributed by atoms with Crippen molar-refractivity contribution in [3.8, 4) is 11.5 Å². The van der Waals surface area contributed by atoms with Gasteiger partial charge in [0, 0.05) is 12.0 Å². The van der Waals surface area contributed by atoms with Crippen molar-refractivity contribution >= 4 is 12.1 Å². The molecule has 0 aliphatic heterocycles. The highest BCUT2D eigenvalue weighted by Crippen LogP contribution is 2.17. The molecule has 0 saturated heterocycles. The van der Waals surface area contributed by atoms with Crippen molar-refractivity contribution in [1.82, 2.24) is 5.43 Å². The summed E-state index contributed by atoms with van der Waals surface area (Å²) in [6, 6.07) is 22.7. The minimum atomic E-state index is -0.247. The van der Waals surface area contributed by atoms with Crippen LogP contribution in [-0.4, -0.2) is 25.3 Å². The van der Waals surface area contributed by atoms with Crippen LogP contribution >= 0.6 is 0 Å². The Morgan fingerprint density at radius 1 is 0.867 bits per heavy atom. The number of hydrogen-bond acceptors (Lipinski definition) is 4. The van der Waals surface area contributed by atoms with Gasteiger partial charge in [0.2, 0.25) is 0 Å². The minimum Gasteiger partial charge on any atom is -0.493 e. The van der Waals surface area contributed by atoms with Gasteiger partial charge in [-0.2, -0.15) is 5.10 Å². The summed E-state index contributed by atoms with van der Waals surface area (Å²) in [5, 5.41) is 4.02. The molecule has 0 aliphatic carbocycles. The Hall–Kier alpha value is -3.60. The van der Waals surface area contributed by atoms with Crippen molar-refractivity contribution < 1.29 is 14.3 Å². The molecule has 0 heterocycles. The molecule has 1 N–H and O–H groups in total. The van der Waals surface area contributed by atoms with Gasteiger partial charge in [0.05, 0.1) is 19.4 Å². The Morgan fingerprint density at radius 3 is 2.30 bits per heavy atom. The van der Waals surface area contributed by atoms with E-state index in [0.717, 1.165) is 23.5 Å². The predicted molar refractivity (Wildman–Crippen MR) is 119 cm³/mol. The number of aryl methyl sites for hydroxylation is 2. The standard InChI is InChI=1S/C25H26N2O3/c1-19-14-20(2)16-24(15-19)30-13-7-12-29-23-11-6-8-21(17-23)18-26-27-25(28)22-9-4-3-5-10-22/h3-6,8-11,14-18H,7,12-13H2,1-2H3,(H,27,28)/b26-18+. The molecule has 0 fully saturated rings. The van der Waals surface area contributed by atoms with E-state index in [1.165, 1.54) is 11.1 Å². The van der Waals surface area contributed by atoms with Crippen LogP contribution in [0.5, 0.6) is 11.5 Å². The maximum absolute atomic E-state index is 12.0. The minimum absolute atomic E-state index is 0.247. The zero-order chi connectivity index (χ0) is 21.2. The van der Waals surface area contributed by atoms with Crippen LogP contribution in [0.4, 0.5) is 0 Å². The summed E-state index contributed by atoms with van der Waals surface area (Å²) < 4.78 is 11.6. The topological polar surface area (TPSA) is 59.9 Å². The fraction of sp³-hybridized carbons (Fsp3) is 0.200. The van der Waals surface area contributed by atoms with Gasteiger partial charge in [0.25, 0.3) is 5.91 Å². The van der Waals surface area contributed by atoms with Crippen molar-refractivity contribution in [2.75, 3.05) is 13.2 Å². The average Bonchev–Trinajstić information content (AvgIpc) is 2.74. The first-order chi connectivity index (χ1) is 14.6. The number of hydrogen-bond donors (Lipinski definition) is 1. The molecule has 30 heavy (non-hydrogen) atoms. The number of nitrogens with one attached hydrogen (secondary N) is 1. The van der Waals surface area contributed by atoms with E-state index in [1.54, 1.807) is 18.3 Å². The molecule has 5 nitrogen and oxygen atoms in total. The van der Waals surface area contributed by atoms with Crippen LogP contribution in [0.15, 0.2) is 77.9 Å². The number of nitrogens with zero attached hydrogens (tertiary/aromatic N) is 1. The Labute approximate surface area is 177 Å². The number of rotatable bonds is 9. The van der Waals surface area contributed by atoms with Crippen LogP contribution in [0.1, 0.15) is 33.5 Å². The number of carbonyl (C=O) groups excluding carboxylic acids is 1. The summed E-state index contributed by atoms with van der Waals surface area (Å²) in [5.74, 6) is 1.39. The molecule has 0 atom stereocenters. The highest BCUT2D eigenvalue weighted by Gasteiger charge is 2.02.